The van der Waals surface area contributed by atoms with Crippen molar-refractivity contribution in [3.8, 4) is 0 Å². The van der Waals surface area contributed by atoms with E-state index < -0.39 is 24.1 Å². The molecule has 0 heterocycles. The van der Waals surface area contributed by atoms with E-state index in [9.17, 15) is 13.0 Å². The Morgan fingerprint density at radius 3 is 2.08 bits per heavy atom. The molecule has 13 heavy (non-hydrogen) atoms. The third kappa shape index (κ3) is 6.14. The number of hydrogen-bond acceptors (Lipinski definition) is 3. The molecule has 0 aromatic heterocycles. The molecule has 9 heteroatoms. The molecule has 0 bridgehead atoms. The van der Waals surface area contributed by atoms with E-state index in [1.165, 1.54) is 6.92 Å². The van der Waals surface area contributed by atoms with Crippen LogP contribution in [0.25, 0.3) is 0 Å². The fourth-order valence-corrected chi connectivity index (χ4v) is 1.96. The van der Waals surface area contributed by atoms with Crippen molar-refractivity contribution in [2.45, 2.75) is 6.92 Å². The normalized spacial score (nSPS) is 13.6. The lowest BCUT2D eigenvalue weighted by molar-refractivity contribution is 0.348. The van der Waals surface area contributed by atoms with E-state index in [0.29, 0.717) is 4.31 Å². The summed E-state index contributed by atoms with van der Waals surface area (Å²) >= 11 is 0. The molecule has 0 aromatic rings. The van der Waals surface area contributed by atoms with Crippen LogP contribution in [0.1, 0.15) is 6.92 Å². The van der Waals surface area contributed by atoms with Crippen LogP contribution in [-0.4, -0.2) is 46.3 Å². The number of hydrogen-bond donors (Lipinski definition) is 3. The molecular formula is C4H12NO6PS. The Bertz CT molecular complexity index is 294. The summed E-state index contributed by atoms with van der Waals surface area (Å²) in [4.78, 5) is 16.9. The number of nitrogens with zero attached hydrogens (tertiary/aromatic N) is 1. The van der Waals surface area contributed by atoms with Crippen LogP contribution in [0.5, 0.6) is 0 Å². The Balaban J connectivity index is 4.26. The van der Waals surface area contributed by atoms with Crippen LogP contribution in [-0.2, 0) is 14.9 Å². The molecule has 0 aliphatic rings. The second kappa shape index (κ2) is 4.50. The van der Waals surface area contributed by atoms with Gasteiger partial charge in [-0.3, -0.25) is 9.12 Å². The van der Waals surface area contributed by atoms with Gasteiger partial charge in [-0.05, 0) is 0 Å². The molecule has 0 spiro atoms. The Hall–Kier alpha value is 0.0200. The van der Waals surface area contributed by atoms with Gasteiger partial charge in [0.25, 0.3) is 0 Å². The van der Waals surface area contributed by atoms with Gasteiger partial charge >= 0.3 is 17.9 Å². The second-order valence-electron chi connectivity index (χ2n) is 2.36. The van der Waals surface area contributed by atoms with Crippen molar-refractivity contribution in [1.29, 1.82) is 0 Å². The van der Waals surface area contributed by atoms with Crippen LogP contribution >= 0.6 is 7.60 Å². The third-order valence-corrected chi connectivity index (χ3v) is 3.20. The first-order valence-corrected chi connectivity index (χ1v) is 6.63. The van der Waals surface area contributed by atoms with Gasteiger partial charge in [-0.1, -0.05) is 6.92 Å². The van der Waals surface area contributed by atoms with Crippen molar-refractivity contribution >= 4 is 17.9 Å². The summed E-state index contributed by atoms with van der Waals surface area (Å²) in [6.45, 7) is 1.03. The maximum Gasteiger partial charge on any atom is 0.335 e. The van der Waals surface area contributed by atoms with E-state index in [1.807, 2.05) is 0 Å². The SMILES string of the molecule is CCN(CCP(=O)(O)O)S(=O)(=O)O. The van der Waals surface area contributed by atoms with Gasteiger partial charge in [-0.2, -0.15) is 12.7 Å². The van der Waals surface area contributed by atoms with Crippen molar-refractivity contribution < 1.29 is 27.3 Å². The number of rotatable bonds is 5. The zero-order chi connectivity index (χ0) is 10.7. The summed E-state index contributed by atoms with van der Waals surface area (Å²) < 4.78 is 40.5. The zero-order valence-electron chi connectivity index (χ0n) is 6.99. The van der Waals surface area contributed by atoms with Crippen molar-refractivity contribution in [2.75, 3.05) is 19.3 Å². The lowest BCUT2D eigenvalue weighted by Crippen LogP contribution is -2.32. The zero-order valence-corrected chi connectivity index (χ0v) is 8.70. The molecule has 0 aromatic carbocycles. The van der Waals surface area contributed by atoms with E-state index in [-0.39, 0.29) is 13.1 Å². The lowest BCUT2D eigenvalue weighted by Gasteiger charge is -2.15. The van der Waals surface area contributed by atoms with Crippen molar-refractivity contribution in [1.82, 2.24) is 4.31 Å². The van der Waals surface area contributed by atoms with E-state index >= 15 is 0 Å². The van der Waals surface area contributed by atoms with E-state index in [2.05, 4.69) is 0 Å². The van der Waals surface area contributed by atoms with Crippen molar-refractivity contribution in [3.05, 3.63) is 0 Å². The van der Waals surface area contributed by atoms with Crippen LogP contribution in [0.2, 0.25) is 0 Å². The van der Waals surface area contributed by atoms with Gasteiger partial charge in [0, 0.05) is 13.1 Å². The molecule has 80 valence electrons. The fourth-order valence-electron chi connectivity index (χ4n) is 0.678. The maximum atomic E-state index is 10.5. The topological polar surface area (TPSA) is 115 Å². The minimum absolute atomic E-state index is 0.0289. The van der Waals surface area contributed by atoms with Crippen LogP contribution in [0.3, 0.4) is 0 Å². The monoisotopic (exact) mass is 233 g/mol. The molecule has 0 saturated heterocycles. The molecule has 0 amide bonds. The molecule has 3 N–H and O–H groups in total. The van der Waals surface area contributed by atoms with Crippen LogP contribution in [0.15, 0.2) is 0 Å². The quantitative estimate of drug-likeness (QED) is 0.426. The Morgan fingerprint density at radius 2 is 1.85 bits per heavy atom. The fraction of sp³-hybridized carbons (Fsp3) is 1.00. The summed E-state index contributed by atoms with van der Waals surface area (Å²) in [6, 6.07) is 0. The van der Waals surface area contributed by atoms with Gasteiger partial charge in [0.05, 0.1) is 6.16 Å². The highest BCUT2D eigenvalue weighted by Crippen LogP contribution is 2.33. The summed E-state index contributed by atoms with van der Waals surface area (Å²) in [5.74, 6) is 0. The second-order valence-corrected chi connectivity index (χ2v) is 5.55. The molecule has 7 nitrogen and oxygen atoms in total. The molecule has 0 rings (SSSR count). The summed E-state index contributed by atoms with van der Waals surface area (Å²) in [7, 11) is -8.57. The highest BCUT2D eigenvalue weighted by molar-refractivity contribution is 7.83. The molecule has 0 radical (unpaired) electrons. The highest BCUT2D eigenvalue weighted by atomic mass is 32.2. The van der Waals surface area contributed by atoms with E-state index in [1.54, 1.807) is 0 Å². The summed E-state index contributed by atoms with van der Waals surface area (Å²) in [5.41, 5.74) is 0. The van der Waals surface area contributed by atoms with E-state index in [0.717, 1.165) is 0 Å². The van der Waals surface area contributed by atoms with Crippen molar-refractivity contribution in [3.63, 3.8) is 0 Å². The van der Waals surface area contributed by atoms with E-state index in [4.69, 9.17) is 14.3 Å². The molecule has 0 atom stereocenters. The van der Waals surface area contributed by atoms with Crippen molar-refractivity contribution in [2.24, 2.45) is 0 Å². The average molecular weight is 233 g/mol. The molecular weight excluding hydrogens is 221 g/mol. The predicted molar refractivity (Wildman–Crippen MR) is 45.7 cm³/mol. The van der Waals surface area contributed by atoms with Crippen LogP contribution < -0.4 is 0 Å². The Labute approximate surface area is 76.4 Å². The molecule has 0 fully saturated rings. The van der Waals surface area contributed by atoms with Gasteiger partial charge < -0.3 is 9.79 Å². The van der Waals surface area contributed by atoms with Gasteiger partial charge in [-0.15, -0.1) is 0 Å². The standard InChI is InChI=1S/C4H12NO6PS/c1-2-5(13(9,10)11)3-4-12(6,7)8/h2-4H2,1H3,(H2,6,7,8)(H,9,10,11). The molecule has 0 unspecified atom stereocenters. The Kier molecular flexibility index (Phi) is 4.50. The van der Waals surface area contributed by atoms with Gasteiger partial charge in [0.2, 0.25) is 0 Å². The largest absolute Gasteiger partial charge is 0.335 e. The summed E-state index contributed by atoms with van der Waals surface area (Å²) in [6.07, 6.45) is -0.597. The molecule has 0 aliphatic carbocycles. The lowest BCUT2D eigenvalue weighted by atomic mass is 10.7. The molecule has 0 saturated carbocycles. The summed E-state index contributed by atoms with van der Waals surface area (Å²) in [5, 5.41) is 0. The van der Waals surface area contributed by atoms with Gasteiger partial charge in [0.1, 0.15) is 0 Å². The van der Waals surface area contributed by atoms with Crippen LogP contribution in [0.4, 0.5) is 0 Å². The third-order valence-electron chi connectivity index (χ3n) is 1.32. The first-order valence-electron chi connectivity index (χ1n) is 3.44. The highest BCUT2D eigenvalue weighted by Gasteiger charge is 2.21. The van der Waals surface area contributed by atoms with Gasteiger partial charge in [-0.25, -0.2) is 0 Å². The van der Waals surface area contributed by atoms with Gasteiger partial charge in [0.15, 0.2) is 0 Å². The average Bonchev–Trinajstić information content (AvgIpc) is 1.82. The Morgan fingerprint density at radius 1 is 1.38 bits per heavy atom. The first-order chi connectivity index (χ1) is 5.67. The predicted octanol–water partition coefficient (Wildman–Crippen LogP) is -0.711. The maximum absolute atomic E-state index is 10.5. The minimum atomic E-state index is -4.35. The smallest absolute Gasteiger partial charge is 0.324 e. The minimum Gasteiger partial charge on any atom is -0.324 e. The van der Waals surface area contributed by atoms with Crippen LogP contribution in [0, 0.1) is 0 Å². The first kappa shape index (κ1) is 13.0. The molecule has 0 aliphatic heterocycles.